The summed E-state index contributed by atoms with van der Waals surface area (Å²) < 4.78 is 2.11. The first kappa shape index (κ1) is 13.9. The van der Waals surface area contributed by atoms with Crippen molar-refractivity contribution in [3.05, 3.63) is 58.9 Å². The number of hydrogen-bond donors (Lipinski definition) is 1. The van der Waals surface area contributed by atoms with E-state index in [9.17, 15) is 0 Å². The van der Waals surface area contributed by atoms with Gasteiger partial charge < -0.3 is 0 Å². The van der Waals surface area contributed by atoms with Crippen LogP contribution < -0.4 is 5.43 Å². The van der Waals surface area contributed by atoms with Gasteiger partial charge in [0.25, 0.3) is 0 Å². The van der Waals surface area contributed by atoms with Crippen LogP contribution in [-0.2, 0) is 0 Å². The van der Waals surface area contributed by atoms with Crippen LogP contribution in [0.2, 0.25) is 0 Å². The molecule has 0 aliphatic carbocycles. The summed E-state index contributed by atoms with van der Waals surface area (Å²) in [6, 6.07) is 12.0. The van der Waals surface area contributed by atoms with Gasteiger partial charge in [0.1, 0.15) is 5.82 Å². The van der Waals surface area contributed by atoms with Crippen molar-refractivity contribution in [2.45, 2.75) is 13.8 Å². The van der Waals surface area contributed by atoms with E-state index in [4.69, 9.17) is 0 Å². The molecular formula is C17H15N5S. The molecule has 0 saturated heterocycles. The molecule has 5 nitrogen and oxygen atoms in total. The molecule has 0 atom stereocenters. The average Bonchev–Trinajstić information content (AvgIpc) is 3.07. The fourth-order valence-corrected chi connectivity index (χ4v) is 3.48. The maximum absolute atomic E-state index is 4.55. The molecule has 3 aromatic heterocycles. The lowest BCUT2D eigenvalue weighted by atomic mass is 10.2. The summed E-state index contributed by atoms with van der Waals surface area (Å²) in [5, 5.41) is 7.54. The molecule has 0 saturated carbocycles. The zero-order valence-corrected chi connectivity index (χ0v) is 13.6. The molecule has 1 aromatic carbocycles. The van der Waals surface area contributed by atoms with Crippen LogP contribution in [0.1, 0.15) is 17.1 Å². The third kappa shape index (κ3) is 2.47. The highest BCUT2D eigenvalue weighted by Gasteiger charge is 2.10. The van der Waals surface area contributed by atoms with E-state index in [0.717, 1.165) is 38.8 Å². The molecule has 4 aromatic rings. The second-order valence-corrected chi connectivity index (χ2v) is 6.17. The number of rotatable bonds is 3. The Labute approximate surface area is 137 Å². The van der Waals surface area contributed by atoms with Crippen molar-refractivity contribution >= 4 is 39.2 Å². The first-order valence-electron chi connectivity index (χ1n) is 7.30. The van der Waals surface area contributed by atoms with Gasteiger partial charge >= 0.3 is 0 Å². The van der Waals surface area contributed by atoms with E-state index in [1.165, 1.54) is 0 Å². The molecule has 0 bridgehead atoms. The number of para-hydroxylation sites is 1. The van der Waals surface area contributed by atoms with E-state index >= 15 is 0 Å². The smallest absolute Gasteiger partial charge is 0.194 e. The van der Waals surface area contributed by atoms with Crippen molar-refractivity contribution < 1.29 is 0 Å². The molecule has 4 rings (SSSR count). The van der Waals surface area contributed by atoms with Gasteiger partial charge in [0, 0.05) is 16.5 Å². The third-order valence-corrected chi connectivity index (χ3v) is 4.66. The number of pyridine rings is 1. The van der Waals surface area contributed by atoms with Crippen molar-refractivity contribution in [1.82, 2.24) is 14.4 Å². The van der Waals surface area contributed by atoms with Crippen molar-refractivity contribution in [3.63, 3.8) is 0 Å². The van der Waals surface area contributed by atoms with Crippen molar-refractivity contribution in [3.8, 4) is 0 Å². The van der Waals surface area contributed by atoms with Crippen LogP contribution in [0, 0.1) is 13.8 Å². The Bertz CT molecular complexity index is 1030. The minimum atomic E-state index is 0.723. The Morgan fingerprint density at radius 1 is 1.13 bits per heavy atom. The summed E-state index contributed by atoms with van der Waals surface area (Å²) in [6.07, 6.45) is 1.80. The number of nitrogens with one attached hydrogen (secondary N) is 1. The second-order valence-electron chi connectivity index (χ2n) is 5.34. The summed E-state index contributed by atoms with van der Waals surface area (Å²) in [6.45, 7) is 4.06. The van der Waals surface area contributed by atoms with Crippen LogP contribution in [0.4, 0.5) is 5.82 Å². The standard InChI is InChI=1S/C17H15N5S/c1-11-10-23-17-19-12(2)15(22(11)17)9-18-21-16-8-7-13-5-3-4-6-14(13)20-16/h3-10H,1-2H3,(H,20,21). The largest absolute Gasteiger partial charge is 0.286 e. The van der Waals surface area contributed by atoms with E-state index in [-0.39, 0.29) is 0 Å². The Hall–Kier alpha value is -2.73. The molecular weight excluding hydrogens is 306 g/mol. The molecule has 0 radical (unpaired) electrons. The highest BCUT2D eigenvalue weighted by Crippen LogP contribution is 2.19. The van der Waals surface area contributed by atoms with Gasteiger partial charge in [-0.3, -0.25) is 9.83 Å². The first-order chi connectivity index (χ1) is 11.2. The molecule has 0 aliphatic rings. The van der Waals surface area contributed by atoms with E-state index in [1.807, 2.05) is 43.3 Å². The number of aromatic nitrogens is 3. The number of nitrogens with zero attached hydrogens (tertiary/aromatic N) is 4. The van der Waals surface area contributed by atoms with Crippen LogP contribution >= 0.6 is 11.3 Å². The fraction of sp³-hybridized carbons (Fsp3) is 0.118. The molecule has 0 amide bonds. The lowest BCUT2D eigenvalue weighted by molar-refractivity contribution is 1.11. The van der Waals surface area contributed by atoms with Crippen molar-refractivity contribution in [2.75, 3.05) is 5.43 Å². The van der Waals surface area contributed by atoms with Gasteiger partial charge in [0.2, 0.25) is 0 Å². The normalized spacial score (nSPS) is 11.7. The SMILES string of the molecule is Cc1nc2scc(C)n2c1C=NNc1ccc2ccccc2n1. The van der Waals surface area contributed by atoms with Gasteiger partial charge in [-0.05, 0) is 32.0 Å². The van der Waals surface area contributed by atoms with Gasteiger partial charge in [-0.25, -0.2) is 9.97 Å². The van der Waals surface area contributed by atoms with E-state index in [2.05, 4.69) is 37.2 Å². The van der Waals surface area contributed by atoms with Crippen LogP contribution in [0.15, 0.2) is 46.9 Å². The van der Waals surface area contributed by atoms with Gasteiger partial charge in [0.05, 0.1) is 23.1 Å². The van der Waals surface area contributed by atoms with Crippen LogP contribution in [0.25, 0.3) is 15.9 Å². The molecule has 0 unspecified atom stereocenters. The van der Waals surface area contributed by atoms with Gasteiger partial charge in [-0.2, -0.15) is 5.10 Å². The van der Waals surface area contributed by atoms with Crippen LogP contribution in [-0.4, -0.2) is 20.6 Å². The maximum Gasteiger partial charge on any atom is 0.194 e. The van der Waals surface area contributed by atoms with Gasteiger partial charge in [-0.1, -0.05) is 18.2 Å². The van der Waals surface area contributed by atoms with Gasteiger partial charge in [-0.15, -0.1) is 11.3 Å². The highest BCUT2D eigenvalue weighted by atomic mass is 32.1. The monoisotopic (exact) mass is 321 g/mol. The topological polar surface area (TPSA) is 54.6 Å². The molecule has 0 fully saturated rings. The molecule has 1 N–H and O–H groups in total. The molecule has 23 heavy (non-hydrogen) atoms. The lowest BCUT2D eigenvalue weighted by Gasteiger charge is -2.02. The summed E-state index contributed by atoms with van der Waals surface area (Å²) in [7, 11) is 0. The van der Waals surface area contributed by atoms with Crippen molar-refractivity contribution in [1.29, 1.82) is 0 Å². The number of benzene rings is 1. The van der Waals surface area contributed by atoms with E-state index < -0.39 is 0 Å². The quantitative estimate of drug-likeness (QED) is 0.458. The fourth-order valence-electron chi connectivity index (χ4n) is 2.57. The Kier molecular flexibility index (Phi) is 3.31. The Morgan fingerprint density at radius 2 is 2.00 bits per heavy atom. The van der Waals surface area contributed by atoms with Crippen molar-refractivity contribution in [2.24, 2.45) is 5.10 Å². The Morgan fingerprint density at radius 3 is 2.91 bits per heavy atom. The summed E-state index contributed by atoms with van der Waals surface area (Å²) in [5.41, 5.74) is 7.07. The number of aryl methyl sites for hydroxylation is 2. The zero-order valence-electron chi connectivity index (χ0n) is 12.8. The number of hydrogen-bond acceptors (Lipinski definition) is 5. The minimum absolute atomic E-state index is 0.723. The summed E-state index contributed by atoms with van der Waals surface area (Å²) in [5.74, 6) is 0.723. The van der Waals surface area contributed by atoms with E-state index in [1.54, 1.807) is 17.6 Å². The first-order valence-corrected chi connectivity index (χ1v) is 8.18. The Balaban J connectivity index is 1.62. The van der Waals surface area contributed by atoms with E-state index in [0.29, 0.717) is 0 Å². The molecule has 6 heteroatoms. The molecule has 3 heterocycles. The number of anilines is 1. The molecule has 0 spiro atoms. The number of thiazole rings is 1. The predicted octanol–water partition coefficient (Wildman–Crippen LogP) is 4.01. The zero-order chi connectivity index (χ0) is 15.8. The molecule has 114 valence electrons. The number of hydrazone groups is 1. The second kappa shape index (κ2) is 5.48. The van der Waals surface area contributed by atoms with Crippen LogP contribution in [0.5, 0.6) is 0 Å². The predicted molar refractivity (Wildman–Crippen MR) is 95.5 cm³/mol. The highest BCUT2D eigenvalue weighted by molar-refractivity contribution is 7.15. The maximum atomic E-state index is 4.55. The third-order valence-electron chi connectivity index (χ3n) is 3.72. The molecule has 0 aliphatic heterocycles. The summed E-state index contributed by atoms with van der Waals surface area (Å²) >= 11 is 1.64. The average molecular weight is 321 g/mol. The number of imidazole rings is 1. The lowest BCUT2D eigenvalue weighted by Crippen LogP contribution is -1.98. The van der Waals surface area contributed by atoms with Crippen LogP contribution in [0.3, 0.4) is 0 Å². The summed E-state index contributed by atoms with van der Waals surface area (Å²) in [4.78, 5) is 10.1. The number of fused-ring (bicyclic) bond motifs is 2. The minimum Gasteiger partial charge on any atom is -0.286 e. The van der Waals surface area contributed by atoms with Gasteiger partial charge in [0.15, 0.2) is 4.96 Å².